The summed E-state index contributed by atoms with van der Waals surface area (Å²) in [6.45, 7) is 6.80. The van der Waals surface area contributed by atoms with Gasteiger partial charge in [-0.05, 0) is 18.2 Å². The van der Waals surface area contributed by atoms with Crippen LogP contribution in [0.1, 0.15) is 18.6 Å². The molecule has 5 rings (SSSR count). The van der Waals surface area contributed by atoms with Crippen molar-refractivity contribution in [3.8, 4) is 11.3 Å². The van der Waals surface area contributed by atoms with Gasteiger partial charge in [0, 0.05) is 69.2 Å². The second-order valence-electron chi connectivity index (χ2n) is 9.10. The Bertz CT molecular complexity index is 1210. The summed E-state index contributed by atoms with van der Waals surface area (Å²) in [5, 5.41) is 0. The number of aromatic nitrogens is 2. The molecule has 0 bridgehead atoms. The first-order chi connectivity index (χ1) is 18.1. The number of carbonyl (C=O) groups is 2. The fourth-order valence-electron chi connectivity index (χ4n) is 4.67. The van der Waals surface area contributed by atoms with Crippen molar-refractivity contribution in [2.75, 3.05) is 62.3 Å². The number of hydrogen-bond acceptors (Lipinski definition) is 8. The molecule has 2 saturated heterocycles. The summed E-state index contributed by atoms with van der Waals surface area (Å²) in [5.41, 5.74) is 3.74. The number of morpholine rings is 1. The maximum atomic E-state index is 13.2. The average Bonchev–Trinajstić information content (AvgIpc) is 2.97. The molecule has 1 atom stereocenters. The molecule has 37 heavy (non-hydrogen) atoms. The summed E-state index contributed by atoms with van der Waals surface area (Å²) in [6.07, 6.45) is 0.835. The highest BCUT2D eigenvalue weighted by atomic mass is 16.5. The van der Waals surface area contributed by atoms with Gasteiger partial charge in [-0.1, -0.05) is 42.5 Å². The molecule has 0 spiro atoms. The summed E-state index contributed by atoms with van der Waals surface area (Å²) < 4.78 is 10.8. The minimum absolute atomic E-state index is 0.212. The van der Waals surface area contributed by atoms with E-state index in [-0.39, 0.29) is 5.91 Å². The number of amides is 1. The largest absolute Gasteiger partial charge is 0.447 e. The second kappa shape index (κ2) is 11.4. The molecule has 0 N–H and O–H groups in total. The van der Waals surface area contributed by atoms with E-state index in [4.69, 9.17) is 14.5 Å². The Morgan fingerprint density at radius 1 is 0.865 bits per heavy atom. The lowest BCUT2D eigenvalue weighted by atomic mass is 10.1. The SMILES string of the molecule is CC(=O)O[C@@H](C(=O)N1CCN(c2nccc(-c3ccc(N4CCOCC4)cc3)n2)CC1)c1ccccc1. The summed E-state index contributed by atoms with van der Waals surface area (Å²) in [7, 11) is 0. The third-order valence-corrected chi connectivity index (χ3v) is 6.67. The number of anilines is 2. The molecule has 2 aromatic carbocycles. The zero-order valence-corrected chi connectivity index (χ0v) is 21.0. The smallest absolute Gasteiger partial charge is 0.303 e. The molecule has 3 aromatic rings. The van der Waals surface area contributed by atoms with Crippen molar-refractivity contribution < 1.29 is 19.1 Å². The fourth-order valence-corrected chi connectivity index (χ4v) is 4.67. The molecule has 1 aromatic heterocycles. The number of benzene rings is 2. The summed E-state index contributed by atoms with van der Waals surface area (Å²) >= 11 is 0. The van der Waals surface area contributed by atoms with Gasteiger partial charge in [-0.15, -0.1) is 0 Å². The number of esters is 1. The quantitative estimate of drug-likeness (QED) is 0.477. The van der Waals surface area contributed by atoms with E-state index in [1.165, 1.54) is 12.6 Å². The van der Waals surface area contributed by atoms with Gasteiger partial charge in [0.25, 0.3) is 5.91 Å². The Kier molecular flexibility index (Phi) is 7.60. The number of carbonyl (C=O) groups excluding carboxylic acids is 2. The van der Waals surface area contributed by atoms with Crippen LogP contribution in [0.25, 0.3) is 11.3 Å². The lowest BCUT2D eigenvalue weighted by molar-refractivity contribution is -0.159. The molecular formula is C28H31N5O4. The van der Waals surface area contributed by atoms with Crippen LogP contribution >= 0.6 is 0 Å². The normalized spacial score (nSPS) is 16.8. The molecule has 0 saturated carbocycles. The molecule has 1 amide bonds. The Labute approximate surface area is 216 Å². The van der Waals surface area contributed by atoms with Crippen LogP contribution in [-0.4, -0.2) is 79.2 Å². The maximum Gasteiger partial charge on any atom is 0.303 e. The lowest BCUT2D eigenvalue weighted by Gasteiger charge is -2.36. The van der Waals surface area contributed by atoms with Gasteiger partial charge in [-0.2, -0.15) is 0 Å². The van der Waals surface area contributed by atoms with Gasteiger partial charge < -0.3 is 24.2 Å². The molecule has 3 heterocycles. The molecule has 0 radical (unpaired) electrons. The second-order valence-corrected chi connectivity index (χ2v) is 9.10. The average molecular weight is 502 g/mol. The molecule has 9 nitrogen and oxygen atoms in total. The number of hydrogen-bond donors (Lipinski definition) is 0. The van der Waals surface area contributed by atoms with Gasteiger partial charge in [-0.25, -0.2) is 9.97 Å². The van der Waals surface area contributed by atoms with E-state index in [1.54, 1.807) is 23.2 Å². The van der Waals surface area contributed by atoms with Gasteiger partial charge in [0.1, 0.15) is 0 Å². The van der Waals surface area contributed by atoms with Crippen molar-refractivity contribution >= 4 is 23.5 Å². The fraction of sp³-hybridized carbons (Fsp3) is 0.357. The van der Waals surface area contributed by atoms with Crippen LogP contribution < -0.4 is 9.80 Å². The van der Waals surface area contributed by atoms with Crippen LogP contribution in [0, 0.1) is 0 Å². The Hall–Kier alpha value is -3.98. The summed E-state index contributed by atoms with van der Waals surface area (Å²) in [4.78, 5) is 40.4. The van der Waals surface area contributed by atoms with E-state index in [0.717, 1.165) is 37.6 Å². The summed E-state index contributed by atoms with van der Waals surface area (Å²) in [6, 6.07) is 19.5. The minimum atomic E-state index is -0.940. The molecule has 192 valence electrons. The molecule has 2 aliphatic rings. The van der Waals surface area contributed by atoms with Crippen molar-refractivity contribution in [2.45, 2.75) is 13.0 Å². The van der Waals surface area contributed by atoms with Gasteiger partial charge in [0.05, 0.1) is 18.9 Å². The topological polar surface area (TPSA) is 88.1 Å². The first kappa shape index (κ1) is 24.7. The van der Waals surface area contributed by atoms with Gasteiger partial charge in [0.15, 0.2) is 0 Å². The van der Waals surface area contributed by atoms with E-state index in [2.05, 4.69) is 39.0 Å². The highest BCUT2D eigenvalue weighted by Gasteiger charge is 2.31. The van der Waals surface area contributed by atoms with E-state index in [0.29, 0.717) is 37.7 Å². The molecule has 2 aliphatic heterocycles. The highest BCUT2D eigenvalue weighted by Crippen LogP contribution is 2.25. The molecule has 0 unspecified atom stereocenters. The van der Waals surface area contributed by atoms with E-state index < -0.39 is 12.1 Å². The molecule has 9 heteroatoms. The third kappa shape index (κ3) is 5.89. The third-order valence-electron chi connectivity index (χ3n) is 6.67. The van der Waals surface area contributed by atoms with Crippen LogP contribution in [-0.2, 0) is 19.1 Å². The number of rotatable bonds is 6. The van der Waals surface area contributed by atoms with Gasteiger partial charge >= 0.3 is 5.97 Å². The van der Waals surface area contributed by atoms with Crippen molar-refractivity contribution in [3.05, 3.63) is 72.4 Å². The standard InChI is InChI=1S/C28H31N5O4/c1-21(34)37-26(23-5-3-2-4-6-23)27(35)32-13-15-33(16-14-32)28-29-12-11-25(30-28)22-7-9-24(10-8-22)31-17-19-36-20-18-31/h2-12,26H,13-20H2,1H3/t26-/m1/s1. The van der Waals surface area contributed by atoms with E-state index in [9.17, 15) is 9.59 Å². The Balaban J connectivity index is 1.23. The van der Waals surface area contributed by atoms with Gasteiger partial charge in [0.2, 0.25) is 12.1 Å². The Morgan fingerprint density at radius 3 is 2.24 bits per heavy atom. The van der Waals surface area contributed by atoms with Gasteiger partial charge in [-0.3, -0.25) is 9.59 Å². The predicted molar refractivity (Wildman–Crippen MR) is 140 cm³/mol. The Morgan fingerprint density at radius 2 is 1.57 bits per heavy atom. The first-order valence-corrected chi connectivity index (χ1v) is 12.6. The van der Waals surface area contributed by atoms with Crippen molar-refractivity contribution in [1.82, 2.24) is 14.9 Å². The van der Waals surface area contributed by atoms with Crippen LogP contribution in [0.3, 0.4) is 0 Å². The molecule has 2 fully saturated rings. The number of ether oxygens (including phenoxy) is 2. The zero-order chi connectivity index (χ0) is 25.6. The predicted octanol–water partition coefficient (Wildman–Crippen LogP) is 2.93. The van der Waals surface area contributed by atoms with Crippen LogP contribution in [0.15, 0.2) is 66.9 Å². The highest BCUT2D eigenvalue weighted by molar-refractivity contribution is 5.85. The first-order valence-electron chi connectivity index (χ1n) is 12.6. The maximum absolute atomic E-state index is 13.2. The van der Waals surface area contributed by atoms with Crippen molar-refractivity contribution in [2.24, 2.45) is 0 Å². The van der Waals surface area contributed by atoms with E-state index in [1.807, 2.05) is 24.3 Å². The van der Waals surface area contributed by atoms with Crippen molar-refractivity contribution in [3.63, 3.8) is 0 Å². The van der Waals surface area contributed by atoms with Crippen LogP contribution in [0.5, 0.6) is 0 Å². The van der Waals surface area contributed by atoms with Crippen LogP contribution in [0.4, 0.5) is 11.6 Å². The monoisotopic (exact) mass is 501 g/mol. The van der Waals surface area contributed by atoms with Crippen LogP contribution in [0.2, 0.25) is 0 Å². The number of piperazine rings is 1. The number of nitrogens with zero attached hydrogens (tertiary/aromatic N) is 5. The summed E-state index contributed by atoms with van der Waals surface area (Å²) in [5.74, 6) is -0.0541. The zero-order valence-electron chi connectivity index (χ0n) is 21.0. The van der Waals surface area contributed by atoms with E-state index >= 15 is 0 Å². The van der Waals surface area contributed by atoms with Crippen molar-refractivity contribution in [1.29, 1.82) is 0 Å². The lowest BCUT2D eigenvalue weighted by Crippen LogP contribution is -2.50. The molecular weight excluding hydrogens is 470 g/mol. The molecule has 0 aliphatic carbocycles. The minimum Gasteiger partial charge on any atom is -0.447 e.